The van der Waals surface area contributed by atoms with E-state index >= 15 is 0 Å². The molecule has 1 atom stereocenters. The van der Waals surface area contributed by atoms with Crippen LogP contribution in [0.3, 0.4) is 0 Å². The highest BCUT2D eigenvalue weighted by Crippen LogP contribution is 2.26. The van der Waals surface area contributed by atoms with E-state index in [1.807, 2.05) is 25.1 Å². The zero-order valence-electron chi connectivity index (χ0n) is 13.8. The Kier molecular flexibility index (Phi) is 4.66. The smallest absolute Gasteiger partial charge is 0.237 e. The average Bonchev–Trinajstić information content (AvgIpc) is 3.00. The van der Waals surface area contributed by atoms with Gasteiger partial charge in [-0.2, -0.15) is 0 Å². The fourth-order valence-electron chi connectivity index (χ4n) is 3.67. The van der Waals surface area contributed by atoms with Gasteiger partial charge < -0.3 is 10.1 Å². The Bertz CT molecular complexity index is 606. The third-order valence-corrected chi connectivity index (χ3v) is 5.04. The number of rotatable bonds is 4. The molecule has 5 heteroatoms. The van der Waals surface area contributed by atoms with Crippen LogP contribution in [0.2, 0.25) is 0 Å². The Morgan fingerprint density at radius 2 is 2.00 bits per heavy atom. The molecule has 2 aliphatic heterocycles. The minimum absolute atomic E-state index is 0.00860. The maximum Gasteiger partial charge on any atom is 0.237 e. The first-order valence-corrected chi connectivity index (χ1v) is 8.30. The molecule has 1 N–H and O–H groups in total. The predicted molar refractivity (Wildman–Crippen MR) is 87.8 cm³/mol. The summed E-state index contributed by atoms with van der Waals surface area (Å²) in [6.45, 7) is 4.37. The van der Waals surface area contributed by atoms with Gasteiger partial charge in [0, 0.05) is 18.0 Å². The monoisotopic (exact) mass is 316 g/mol. The zero-order valence-corrected chi connectivity index (χ0v) is 13.8. The molecule has 2 aliphatic rings. The highest BCUT2D eigenvalue weighted by molar-refractivity contribution is 5.98. The van der Waals surface area contributed by atoms with E-state index in [1.165, 1.54) is 0 Å². The quantitative estimate of drug-likeness (QED) is 0.861. The lowest BCUT2D eigenvalue weighted by Gasteiger charge is -2.34. The average molecular weight is 316 g/mol. The van der Waals surface area contributed by atoms with Crippen LogP contribution in [-0.2, 0) is 4.79 Å². The first-order chi connectivity index (χ1) is 11.1. The van der Waals surface area contributed by atoms with Gasteiger partial charge in [-0.25, -0.2) is 0 Å². The van der Waals surface area contributed by atoms with Crippen LogP contribution in [0.25, 0.3) is 0 Å². The van der Waals surface area contributed by atoms with Crippen molar-refractivity contribution in [2.24, 2.45) is 5.92 Å². The summed E-state index contributed by atoms with van der Waals surface area (Å²) in [5.74, 6) is 1.22. The Morgan fingerprint density at radius 1 is 1.26 bits per heavy atom. The summed E-state index contributed by atoms with van der Waals surface area (Å²) < 4.78 is 5.25. The molecule has 0 bridgehead atoms. The molecule has 2 heterocycles. The number of hydrogen-bond donors (Lipinski definition) is 1. The first-order valence-electron chi connectivity index (χ1n) is 8.30. The number of hydrogen-bond acceptors (Lipinski definition) is 4. The maximum absolute atomic E-state index is 12.7. The van der Waals surface area contributed by atoms with Crippen LogP contribution < -0.4 is 10.1 Å². The van der Waals surface area contributed by atoms with Gasteiger partial charge in [0.1, 0.15) is 5.75 Å². The number of likely N-dealkylation sites (tertiary alicyclic amines) is 1. The largest absolute Gasteiger partial charge is 0.496 e. The summed E-state index contributed by atoms with van der Waals surface area (Å²) >= 11 is 0. The second kappa shape index (κ2) is 6.71. The fourth-order valence-corrected chi connectivity index (χ4v) is 3.67. The highest BCUT2D eigenvalue weighted by Gasteiger charge is 2.34. The second-order valence-electron chi connectivity index (χ2n) is 6.45. The van der Waals surface area contributed by atoms with Crippen molar-refractivity contribution < 1.29 is 14.3 Å². The molecule has 23 heavy (non-hydrogen) atoms. The Morgan fingerprint density at radius 3 is 2.57 bits per heavy atom. The van der Waals surface area contributed by atoms with Gasteiger partial charge in [-0.05, 0) is 63.0 Å². The van der Waals surface area contributed by atoms with Crippen LogP contribution in [0.15, 0.2) is 18.2 Å². The molecule has 0 aromatic heterocycles. The van der Waals surface area contributed by atoms with Gasteiger partial charge in [0.05, 0.1) is 13.2 Å². The van der Waals surface area contributed by atoms with E-state index in [1.54, 1.807) is 7.11 Å². The molecule has 1 amide bonds. The number of nitrogens with zero attached hydrogens (tertiary/aromatic N) is 1. The van der Waals surface area contributed by atoms with E-state index in [0.717, 1.165) is 55.8 Å². The summed E-state index contributed by atoms with van der Waals surface area (Å²) in [5.41, 5.74) is 1.75. The molecule has 2 fully saturated rings. The third-order valence-electron chi connectivity index (χ3n) is 5.04. The lowest BCUT2D eigenvalue weighted by atomic mass is 9.87. The number of Topliss-reactive ketones (excluding diaryl/α,β-unsaturated/α-hetero) is 1. The summed E-state index contributed by atoms with van der Waals surface area (Å²) in [5, 5.41) is 2.88. The summed E-state index contributed by atoms with van der Waals surface area (Å²) in [6, 6.07) is 5.64. The van der Waals surface area contributed by atoms with E-state index in [4.69, 9.17) is 4.74 Å². The van der Waals surface area contributed by atoms with Gasteiger partial charge >= 0.3 is 0 Å². The maximum atomic E-state index is 12.7. The van der Waals surface area contributed by atoms with Gasteiger partial charge in [0.2, 0.25) is 5.91 Å². The van der Waals surface area contributed by atoms with Crippen molar-refractivity contribution in [3.05, 3.63) is 29.3 Å². The fraction of sp³-hybridized carbons (Fsp3) is 0.556. The van der Waals surface area contributed by atoms with Crippen LogP contribution in [0, 0.1) is 12.8 Å². The molecular weight excluding hydrogens is 292 g/mol. The Labute approximate surface area is 137 Å². The number of carbonyl (C=O) groups excluding carboxylic acids is 2. The topological polar surface area (TPSA) is 58.6 Å². The number of methoxy groups -OCH3 is 1. The van der Waals surface area contributed by atoms with Gasteiger partial charge in [0.25, 0.3) is 0 Å². The van der Waals surface area contributed by atoms with Crippen LogP contribution in [0.5, 0.6) is 5.75 Å². The molecule has 3 rings (SSSR count). The molecular formula is C18H24N2O3. The molecule has 0 radical (unpaired) electrons. The Hall–Kier alpha value is -1.88. The molecule has 1 aromatic carbocycles. The predicted octanol–water partition coefficient (Wildman–Crippen LogP) is 1.79. The molecule has 2 saturated heterocycles. The summed E-state index contributed by atoms with van der Waals surface area (Å²) in [6.07, 6.45) is 2.54. The second-order valence-corrected chi connectivity index (χ2v) is 6.45. The van der Waals surface area contributed by atoms with Crippen molar-refractivity contribution in [1.82, 2.24) is 10.2 Å². The van der Waals surface area contributed by atoms with Crippen LogP contribution >= 0.6 is 0 Å². The van der Waals surface area contributed by atoms with Crippen molar-refractivity contribution in [3.8, 4) is 5.75 Å². The van der Waals surface area contributed by atoms with Gasteiger partial charge in [0.15, 0.2) is 5.78 Å². The third kappa shape index (κ3) is 3.24. The van der Waals surface area contributed by atoms with Crippen LogP contribution in [-0.4, -0.2) is 49.4 Å². The van der Waals surface area contributed by atoms with Gasteiger partial charge in [-0.15, -0.1) is 0 Å². The SMILES string of the molecule is COc1ccc(C(=O)C2CCN(C3CCNC3=O)CC2)cc1C. The number of ketones is 1. The molecule has 1 unspecified atom stereocenters. The van der Waals surface area contributed by atoms with Crippen molar-refractivity contribution >= 4 is 11.7 Å². The molecule has 5 nitrogen and oxygen atoms in total. The van der Waals surface area contributed by atoms with Crippen molar-refractivity contribution in [3.63, 3.8) is 0 Å². The molecule has 0 spiro atoms. The van der Waals surface area contributed by atoms with Crippen molar-refractivity contribution in [2.45, 2.75) is 32.2 Å². The number of ether oxygens (including phenoxy) is 1. The molecule has 0 aliphatic carbocycles. The zero-order chi connectivity index (χ0) is 16.4. The van der Waals surface area contributed by atoms with E-state index < -0.39 is 0 Å². The lowest BCUT2D eigenvalue weighted by molar-refractivity contribution is -0.124. The lowest BCUT2D eigenvalue weighted by Crippen LogP contribution is -2.46. The number of carbonyl (C=O) groups is 2. The number of benzene rings is 1. The van der Waals surface area contributed by atoms with E-state index in [0.29, 0.717) is 0 Å². The standard InChI is InChI=1S/C18H24N2O3/c1-12-11-14(3-4-16(12)23-2)17(21)13-6-9-20(10-7-13)15-5-8-19-18(15)22/h3-4,11,13,15H,5-10H2,1-2H3,(H,19,22). The molecule has 1 aromatic rings. The first kappa shape index (κ1) is 16.0. The normalized spacial score (nSPS) is 22.9. The molecule has 0 saturated carbocycles. The number of nitrogens with one attached hydrogen (secondary N) is 1. The Balaban J connectivity index is 1.62. The van der Waals surface area contributed by atoms with E-state index in [-0.39, 0.29) is 23.7 Å². The summed E-state index contributed by atoms with van der Waals surface area (Å²) in [4.78, 5) is 26.7. The summed E-state index contributed by atoms with van der Waals surface area (Å²) in [7, 11) is 1.64. The highest BCUT2D eigenvalue weighted by atomic mass is 16.5. The van der Waals surface area contributed by atoms with Crippen LogP contribution in [0.4, 0.5) is 0 Å². The van der Waals surface area contributed by atoms with E-state index in [9.17, 15) is 9.59 Å². The van der Waals surface area contributed by atoms with Gasteiger partial charge in [-0.1, -0.05) is 0 Å². The number of amides is 1. The van der Waals surface area contributed by atoms with E-state index in [2.05, 4.69) is 10.2 Å². The number of aryl methyl sites for hydroxylation is 1. The van der Waals surface area contributed by atoms with Gasteiger partial charge in [-0.3, -0.25) is 14.5 Å². The molecule has 124 valence electrons. The van der Waals surface area contributed by atoms with Crippen LogP contribution in [0.1, 0.15) is 35.2 Å². The van der Waals surface area contributed by atoms with Crippen molar-refractivity contribution in [2.75, 3.05) is 26.7 Å². The number of piperidine rings is 1. The minimum Gasteiger partial charge on any atom is -0.496 e. The van der Waals surface area contributed by atoms with Crippen molar-refractivity contribution in [1.29, 1.82) is 0 Å². The minimum atomic E-state index is 0.00860.